The highest BCUT2D eigenvalue weighted by molar-refractivity contribution is 5.98. The zero-order chi connectivity index (χ0) is 14.7. The van der Waals surface area contributed by atoms with Gasteiger partial charge in [-0.25, -0.2) is 9.97 Å². The largest absolute Gasteiger partial charge is 0.396 e. The maximum absolute atomic E-state index is 12.0. The molecule has 3 rings (SSSR count). The summed E-state index contributed by atoms with van der Waals surface area (Å²) in [6, 6.07) is 12.9. The lowest BCUT2D eigenvalue weighted by molar-refractivity contribution is 0.0951. The van der Waals surface area contributed by atoms with Crippen LogP contribution in [-0.4, -0.2) is 34.1 Å². The van der Waals surface area contributed by atoms with Gasteiger partial charge in [-0.15, -0.1) is 0 Å². The van der Waals surface area contributed by atoms with Crippen molar-refractivity contribution in [3.8, 4) is 0 Å². The van der Waals surface area contributed by atoms with E-state index in [0.29, 0.717) is 24.0 Å². The van der Waals surface area contributed by atoms with Crippen LogP contribution in [0.5, 0.6) is 0 Å². The first-order valence-corrected chi connectivity index (χ1v) is 6.83. The number of nitrogens with zero attached hydrogens (tertiary/aromatic N) is 2. The molecule has 0 spiro atoms. The number of hydrogen-bond acceptors (Lipinski definition) is 4. The molecule has 0 radical (unpaired) electrons. The minimum absolute atomic E-state index is 0.0649. The number of carbonyl (C=O) groups is 1. The van der Waals surface area contributed by atoms with Gasteiger partial charge in [-0.3, -0.25) is 4.79 Å². The molecule has 3 aromatic rings. The summed E-state index contributed by atoms with van der Waals surface area (Å²) in [6.07, 6.45) is 0.545. The molecule has 1 heterocycles. The molecule has 0 aliphatic rings. The van der Waals surface area contributed by atoms with Gasteiger partial charge in [-0.2, -0.15) is 0 Å². The average molecular weight is 281 g/mol. The maximum Gasteiger partial charge on any atom is 0.251 e. The zero-order valence-electron chi connectivity index (χ0n) is 11.4. The van der Waals surface area contributed by atoms with Gasteiger partial charge in [0.2, 0.25) is 0 Å². The van der Waals surface area contributed by atoms with Crippen molar-refractivity contribution >= 4 is 28.0 Å². The predicted octanol–water partition coefficient (Wildman–Crippen LogP) is 1.90. The van der Waals surface area contributed by atoms with Crippen LogP contribution in [0.3, 0.4) is 0 Å². The molecular formula is C16H15N3O2. The number of rotatable bonds is 4. The van der Waals surface area contributed by atoms with E-state index in [0.717, 1.165) is 16.6 Å². The highest BCUT2D eigenvalue weighted by Gasteiger charge is 2.08. The van der Waals surface area contributed by atoms with Crippen LogP contribution in [0.4, 0.5) is 0 Å². The van der Waals surface area contributed by atoms with Crippen LogP contribution < -0.4 is 5.32 Å². The van der Waals surface area contributed by atoms with Gasteiger partial charge in [-0.1, -0.05) is 12.1 Å². The Balaban J connectivity index is 1.95. The predicted molar refractivity (Wildman–Crippen MR) is 81.1 cm³/mol. The number of benzene rings is 2. The summed E-state index contributed by atoms with van der Waals surface area (Å²) in [7, 11) is 0. The van der Waals surface area contributed by atoms with Crippen LogP contribution in [0.2, 0.25) is 0 Å². The van der Waals surface area contributed by atoms with Crippen molar-refractivity contribution in [3.05, 3.63) is 48.0 Å². The molecule has 0 aliphatic carbocycles. The van der Waals surface area contributed by atoms with E-state index < -0.39 is 0 Å². The normalized spacial score (nSPS) is 10.9. The molecule has 2 N–H and O–H groups in total. The van der Waals surface area contributed by atoms with Gasteiger partial charge in [0.05, 0.1) is 22.1 Å². The Morgan fingerprint density at radius 1 is 1.00 bits per heavy atom. The van der Waals surface area contributed by atoms with Gasteiger partial charge in [0.15, 0.2) is 0 Å². The number of para-hydroxylation sites is 2. The van der Waals surface area contributed by atoms with Gasteiger partial charge >= 0.3 is 0 Å². The van der Waals surface area contributed by atoms with Crippen LogP contribution >= 0.6 is 0 Å². The second kappa shape index (κ2) is 5.85. The van der Waals surface area contributed by atoms with E-state index in [1.165, 1.54) is 0 Å². The topological polar surface area (TPSA) is 75.1 Å². The van der Waals surface area contributed by atoms with Gasteiger partial charge in [0.25, 0.3) is 5.91 Å². The third-order valence-corrected chi connectivity index (χ3v) is 3.22. The molecular weight excluding hydrogens is 266 g/mol. The summed E-state index contributed by atoms with van der Waals surface area (Å²) in [5, 5.41) is 11.5. The minimum atomic E-state index is -0.166. The van der Waals surface area contributed by atoms with E-state index >= 15 is 0 Å². The lowest BCUT2D eigenvalue weighted by atomic mass is 10.1. The highest BCUT2D eigenvalue weighted by Crippen LogP contribution is 2.17. The second-order valence-electron chi connectivity index (χ2n) is 4.75. The first kappa shape index (κ1) is 13.5. The summed E-state index contributed by atoms with van der Waals surface area (Å²) in [6.45, 7) is 0.520. The van der Waals surface area contributed by atoms with Gasteiger partial charge in [0.1, 0.15) is 0 Å². The molecule has 1 amide bonds. The van der Waals surface area contributed by atoms with Crippen molar-refractivity contribution in [2.45, 2.75) is 6.42 Å². The Morgan fingerprint density at radius 2 is 1.67 bits per heavy atom. The average Bonchev–Trinajstić information content (AvgIpc) is 2.52. The molecule has 0 saturated carbocycles. The van der Waals surface area contributed by atoms with Crippen LogP contribution in [0.15, 0.2) is 42.5 Å². The monoisotopic (exact) mass is 281 g/mol. The lowest BCUT2D eigenvalue weighted by Gasteiger charge is -2.05. The van der Waals surface area contributed by atoms with Gasteiger partial charge in [-0.05, 0) is 36.8 Å². The molecule has 1 aromatic heterocycles. The van der Waals surface area contributed by atoms with Crippen molar-refractivity contribution in [1.82, 2.24) is 15.3 Å². The van der Waals surface area contributed by atoms with Gasteiger partial charge in [0, 0.05) is 18.7 Å². The van der Waals surface area contributed by atoms with Gasteiger partial charge < -0.3 is 10.4 Å². The van der Waals surface area contributed by atoms with Crippen LogP contribution in [0.1, 0.15) is 16.8 Å². The SMILES string of the molecule is O=C(NCCCO)c1ccc2nc3ccccc3nc2c1. The Morgan fingerprint density at radius 3 is 2.38 bits per heavy atom. The Labute approximate surface area is 121 Å². The Bertz CT molecular complexity index is 802. The van der Waals surface area contributed by atoms with Crippen LogP contribution in [-0.2, 0) is 0 Å². The molecule has 5 heteroatoms. The number of fused-ring (bicyclic) bond motifs is 2. The molecule has 0 saturated heterocycles. The van der Waals surface area contributed by atoms with E-state index in [2.05, 4.69) is 15.3 Å². The number of aliphatic hydroxyl groups is 1. The van der Waals surface area contributed by atoms with E-state index in [1.807, 2.05) is 24.3 Å². The number of aromatic nitrogens is 2. The molecule has 106 valence electrons. The standard InChI is InChI=1S/C16H15N3O2/c20-9-3-8-17-16(21)11-6-7-14-15(10-11)19-13-5-2-1-4-12(13)18-14/h1-2,4-7,10,20H,3,8-9H2,(H,17,21). The van der Waals surface area contributed by atoms with E-state index in [9.17, 15) is 4.79 Å². The quantitative estimate of drug-likeness (QED) is 0.565. The fourth-order valence-corrected chi connectivity index (χ4v) is 2.14. The smallest absolute Gasteiger partial charge is 0.251 e. The molecule has 2 aromatic carbocycles. The maximum atomic E-state index is 12.0. The molecule has 0 aliphatic heterocycles. The molecule has 0 fully saturated rings. The number of amides is 1. The van der Waals surface area contributed by atoms with Crippen molar-refractivity contribution in [2.24, 2.45) is 0 Å². The number of hydrogen-bond donors (Lipinski definition) is 2. The molecule has 5 nitrogen and oxygen atoms in total. The van der Waals surface area contributed by atoms with E-state index in [-0.39, 0.29) is 12.5 Å². The summed E-state index contributed by atoms with van der Waals surface area (Å²) < 4.78 is 0. The third-order valence-electron chi connectivity index (χ3n) is 3.22. The first-order chi connectivity index (χ1) is 10.3. The number of nitrogens with one attached hydrogen (secondary N) is 1. The fraction of sp³-hybridized carbons (Fsp3) is 0.188. The summed E-state index contributed by atoms with van der Waals surface area (Å²) >= 11 is 0. The van der Waals surface area contributed by atoms with Crippen molar-refractivity contribution in [3.63, 3.8) is 0 Å². The van der Waals surface area contributed by atoms with E-state index in [1.54, 1.807) is 18.2 Å². The first-order valence-electron chi connectivity index (χ1n) is 6.83. The molecule has 0 bridgehead atoms. The fourth-order valence-electron chi connectivity index (χ4n) is 2.14. The van der Waals surface area contributed by atoms with Crippen molar-refractivity contribution < 1.29 is 9.90 Å². The number of aliphatic hydroxyl groups excluding tert-OH is 1. The summed E-state index contributed by atoms with van der Waals surface area (Å²) in [5.74, 6) is -0.166. The van der Waals surface area contributed by atoms with E-state index in [4.69, 9.17) is 5.11 Å². The molecule has 21 heavy (non-hydrogen) atoms. The lowest BCUT2D eigenvalue weighted by Crippen LogP contribution is -2.24. The van der Waals surface area contributed by atoms with Crippen molar-refractivity contribution in [1.29, 1.82) is 0 Å². The molecule has 0 atom stereocenters. The minimum Gasteiger partial charge on any atom is -0.396 e. The zero-order valence-corrected chi connectivity index (χ0v) is 11.4. The molecule has 0 unspecified atom stereocenters. The summed E-state index contributed by atoms with van der Waals surface area (Å²) in [4.78, 5) is 21.0. The third kappa shape index (κ3) is 2.83. The Hall–Kier alpha value is -2.53. The van der Waals surface area contributed by atoms with Crippen LogP contribution in [0, 0.1) is 0 Å². The highest BCUT2D eigenvalue weighted by atomic mass is 16.3. The number of carbonyl (C=O) groups excluding carboxylic acids is 1. The second-order valence-corrected chi connectivity index (χ2v) is 4.75. The van der Waals surface area contributed by atoms with Crippen LogP contribution in [0.25, 0.3) is 22.1 Å². The van der Waals surface area contributed by atoms with Crippen molar-refractivity contribution in [2.75, 3.05) is 13.2 Å². The Kier molecular flexibility index (Phi) is 3.75. The summed E-state index contributed by atoms with van der Waals surface area (Å²) in [5.41, 5.74) is 3.65.